The molecule has 7 rings (SSSR count). The molecule has 1 aromatic heterocycles. The second kappa shape index (κ2) is 9.03. The Balaban J connectivity index is 1.52. The summed E-state index contributed by atoms with van der Waals surface area (Å²) in [7, 11) is 0. The summed E-state index contributed by atoms with van der Waals surface area (Å²) < 4.78 is 6.33. The zero-order valence-electron chi connectivity index (χ0n) is 20.8. The second-order valence-electron chi connectivity index (χ2n) is 9.96. The van der Waals surface area contributed by atoms with Crippen LogP contribution >= 0.6 is 0 Å². The van der Waals surface area contributed by atoms with Crippen LogP contribution in [-0.4, -0.2) is 26.3 Å². The zero-order chi connectivity index (χ0) is 25.6. The monoisotopic (exact) mass is 498 g/mol. The van der Waals surface area contributed by atoms with Gasteiger partial charge in [-0.3, -0.25) is 0 Å². The maximum atomic E-state index is 10.6. The van der Waals surface area contributed by atoms with E-state index in [9.17, 15) is 10.2 Å². The minimum Gasteiger partial charge on any atom is -0.507 e. The molecule has 0 atom stereocenters. The molecule has 1 heterocycles. The lowest BCUT2D eigenvalue weighted by molar-refractivity contribution is 0.201. The third-order valence-electron chi connectivity index (χ3n) is 7.58. The predicted octanol–water partition coefficient (Wildman–Crippen LogP) is 8.00. The van der Waals surface area contributed by atoms with Gasteiger partial charge in [0.15, 0.2) is 5.82 Å². The molecule has 1 saturated carbocycles. The molecule has 0 radical (unpaired) electrons. The van der Waals surface area contributed by atoms with Crippen LogP contribution in [0.5, 0.6) is 17.4 Å². The van der Waals surface area contributed by atoms with E-state index >= 15 is 0 Å². The molecule has 5 nitrogen and oxygen atoms in total. The van der Waals surface area contributed by atoms with Crippen LogP contribution in [0.2, 0.25) is 0 Å². The Labute approximate surface area is 220 Å². The number of aromatic hydroxyl groups is 2. The predicted molar refractivity (Wildman–Crippen MR) is 152 cm³/mol. The van der Waals surface area contributed by atoms with Gasteiger partial charge in [-0.2, -0.15) is 4.98 Å². The number of phenols is 2. The van der Waals surface area contributed by atoms with Crippen molar-refractivity contribution in [3.8, 4) is 40.0 Å². The van der Waals surface area contributed by atoms with Gasteiger partial charge in [0.2, 0.25) is 5.88 Å². The van der Waals surface area contributed by atoms with Gasteiger partial charge in [0, 0.05) is 11.6 Å². The maximum absolute atomic E-state index is 10.6. The number of hydrogen-bond acceptors (Lipinski definition) is 5. The van der Waals surface area contributed by atoms with Crippen LogP contribution in [0.15, 0.2) is 91.0 Å². The molecule has 0 saturated heterocycles. The first-order valence-corrected chi connectivity index (χ1v) is 13.1. The van der Waals surface area contributed by atoms with E-state index in [1.54, 1.807) is 6.07 Å². The van der Waals surface area contributed by atoms with E-state index in [1.165, 1.54) is 28.3 Å². The standard InChI is InChI=1S/C33H26N2O3/c36-29-14-7-15-30(37)32(29)33-34-28(19-31(35-33)38-21-9-2-3-10-21)27-18-26-22-11-4-1-8-20(22)16-17-25(26)23-12-5-6-13-24(23)27/h1,4-8,11-19,21,36-37H,2-3,9-10H2. The van der Waals surface area contributed by atoms with Crippen molar-refractivity contribution in [3.63, 3.8) is 0 Å². The highest BCUT2D eigenvalue weighted by Crippen LogP contribution is 2.41. The fourth-order valence-electron chi connectivity index (χ4n) is 5.74. The molecule has 5 heteroatoms. The van der Waals surface area contributed by atoms with Gasteiger partial charge in [-0.25, -0.2) is 4.98 Å². The highest BCUT2D eigenvalue weighted by atomic mass is 16.5. The molecule has 5 aromatic carbocycles. The van der Waals surface area contributed by atoms with Crippen LogP contribution in [0.25, 0.3) is 55.0 Å². The average molecular weight is 499 g/mol. The van der Waals surface area contributed by atoms with E-state index in [2.05, 4.69) is 65.6 Å². The Morgan fingerprint density at radius 3 is 2.11 bits per heavy atom. The van der Waals surface area contributed by atoms with Gasteiger partial charge in [0.1, 0.15) is 23.2 Å². The van der Waals surface area contributed by atoms with E-state index < -0.39 is 0 Å². The van der Waals surface area contributed by atoms with Crippen LogP contribution in [0.3, 0.4) is 0 Å². The SMILES string of the molecule is Oc1cccc(O)c1-c1nc(OC2CCCC2)cc(-c2cc3c4ccccc4ccc3c3ccccc23)n1. The number of rotatable bonds is 4. The second-order valence-corrected chi connectivity index (χ2v) is 9.96. The van der Waals surface area contributed by atoms with Crippen LogP contribution < -0.4 is 4.74 Å². The molecule has 0 spiro atoms. The molecular weight excluding hydrogens is 472 g/mol. The third kappa shape index (κ3) is 3.79. The van der Waals surface area contributed by atoms with Crippen molar-refractivity contribution in [3.05, 3.63) is 91.0 Å². The zero-order valence-corrected chi connectivity index (χ0v) is 20.8. The van der Waals surface area contributed by atoms with Crippen molar-refractivity contribution in [2.45, 2.75) is 31.8 Å². The molecule has 1 fully saturated rings. The lowest BCUT2D eigenvalue weighted by Gasteiger charge is -2.17. The number of ether oxygens (including phenoxy) is 1. The molecule has 1 aliphatic carbocycles. The largest absolute Gasteiger partial charge is 0.507 e. The summed E-state index contributed by atoms with van der Waals surface area (Å²) >= 11 is 0. The fourth-order valence-corrected chi connectivity index (χ4v) is 5.74. The molecular formula is C33H26N2O3. The topological polar surface area (TPSA) is 75.5 Å². The van der Waals surface area contributed by atoms with Gasteiger partial charge >= 0.3 is 0 Å². The minimum absolute atomic E-state index is 0.0803. The van der Waals surface area contributed by atoms with Gasteiger partial charge in [-0.1, -0.05) is 66.7 Å². The Kier molecular flexibility index (Phi) is 5.36. The van der Waals surface area contributed by atoms with Gasteiger partial charge in [0.05, 0.1) is 5.69 Å². The average Bonchev–Trinajstić information content (AvgIpc) is 3.45. The van der Waals surface area contributed by atoms with Crippen molar-refractivity contribution < 1.29 is 14.9 Å². The van der Waals surface area contributed by atoms with Crippen molar-refractivity contribution >= 4 is 32.3 Å². The Morgan fingerprint density at radius 1 is 0.632 bits per heavy atom. The first-order chi connectivity index (χ1) is 18.7. The molecule has 6 aromatic rings. The van der Waals surface area contributed by atoms with E-state index in [0.717, 1.165) is 47.4 Å². The van der Waals surface area contributed by atoms with E-state index in [0.29, 0.717) is 11.6 Å². The Bertz CT molecular complexity index is 1820. The molecule has 0 bridgehead atoms. The lowest BCUT2D eigenvalue weighted by Crippen LogP contribution is -2.12. The number of phenolic OH excluding ortho intramolecular Hbond substituents is 2. The first kappa shape index (κ1) is 22.5. The van der Waals surface area contributed by atoms with Crippen LogP contribution in [0.4, 0.5) is 0 Å². The molecule has 1 aliphatic rings. The van der Waals surface area contributed by atoms with Crippen LogP contribution in [-0.2, 0) is 0 Å². The lowest BCUT2D eigenvalue weighted by atomic mass is 9.92. The van der Waals surface area contributed by atoms with Crippen molar-refractivity contribution in [1.82, 2.24) is 9.97 Å². The van der Waals surface area contributed by atoms with Gasteiger partial charge in [0.25, 0.3) is 0 Å². The highest BCUT2D eigenvalue weighted by molar-refractivity contribution is 6.20. The highest BCUT2D eigenvalue weighted by Gasteiger charge is 2.22. The van der Waals surface area contributed by atoms with Crippen molar-refractivity contribution in [2.24, 2.45) is 0 Å². The van der Waals surface area contributed by atoms with E-state index in [4.69, 9.17) is 9.72 Å². The molecule has 0 aliphatic heterocycles. The Hall–Kier alpha value is -4.64. The summed E-state index contributed by atoms with van der Waals surface area (Å²) in [4.78, 5) is 9.55. The maximum Gasteiger partial charge on any atom is 0.217 e. The molecule has 186 valence electrons. The quantitative estimate of drug-likeness (QED) is 0.241. The molecule has 0 amide bonds. The number of fused-ring (bicyclic) bond motifs is 5. The van der Waals surface area contributed by atoms with E-state index in [1.807, 2.05) is 12.1 Å². The normalized spacial score (nSPS) is 14.0. The van der Waals surface area contributed by atoms with E-state index in [-0.39, 0.29) is 29.0 Å². The summed E-state index contributed by atoms with van der Waals surface area (Å²) in [6, 6.07) is 29.8. The van der Waals surface area contributed by atoms with Crippen LogP contribution in [0.1, 0.15) is 25.7 Å². The Morgan fingerprint density at radius 2 is 1.32 bits per heavy atom. The number of hydrogen-bond donors (Lipinski definition) is 2. The molecule has 2 N–H and O–H groups in total. The summed E-state index contributed by atoms with van der Waals surface area (Å²) in [5.41, 5.74) is 1.82. The summed E-state index contributed by atoms with van der Waals surface area (Å²) in [5.74, 6) is 0.515. The summed E-state index contributed by atoms with van der Waals surface area (Å²) in [5, 5.41) is 28.1. The summed E-state index contributed by atoms with van der Waals surface area (Å²) in [6.07, 6.45) is 4.35. The van der Waals surface area contributed by atoms with Gasteiger partial charge in [-0.15, -0.1) is 0 Å². The molecule has 0 unspecified atom stereocenters. The fraction of sp³-hybridized carbons (Fsp3) is 0.152. The smallest absolute Gasteiger partial charge is 0.217 e. The summed E-state index contributed by atoms with van der Waals surface area (Å²) in [6.45, 7) is 0. The van der Waals surface area contributed by atoms with Gasteiger partial charge in [-0.05, 0) is 76.2 Å². The minimum atomic E-state index is -0.0803. The number of benzene rings is 5. The van der Waals surface area contributed by atoms with Crippen molar-refractivity contribution in [1.29, 1.82) is 0 Å². The van der Waals surface area contributed by atoms with Crippen LogP contribution in [0, 0.1) is 0 Å². The third-order valence-corrected chi connectivity index (χ3v) is 7.58. The molecule has 38 heavy (non-hydrogen) atoms. The van der Waals surface area contributed by atoms with Crippen molar-refractivity contribution in [2.75, 3.05) is 0 Å². The first-order valence-electron chi connectivity index (χ1n) is 13.1. The number of nitrogens with zero attached hydrogens (tertiary/aromatic N) is 2. The number of aromatic nitrogens is 2. The van der Waals surface area contributed by atoms with Gasteiger partial charge < -0.3 is 14.9 Å².